The normalized spacial score (nSPS) is 26.8. The second-order valence-electron chi connectivity index (χ2n) is 8.54. The minimum Gasteiger partial charge on any atom is -0.316 e. The van der Waals surface area contributed by atoms with Crippen LogP contribution in [0.15, 0.2) is 0 Å². The van der Waals surface area contributed by atoms with Crippen molar-refractivity contribution in [3.8, 4) is 12.3 Å². The van der Waals surface area contributed by atoms with Gasteiger partial charge in [0.1, 0.15) is 0 Å². The topological polar surface area (TPSA) is 12.0 Å². The van der Waals surface area contributed by atoms with E-state index in [1.165, 1.54) is 38.6 Å². The number of hydrogen-bond acceptors (Lipinski definition) is 1. The van der Waals surface area contributed by atoms with Gasteiger partial charge in [0, 0.05) is 6.42 Å². The summed E-state index contributed by atoms with van der Waals surface area (Å²) in [5.74, 6) is 6.17. The zero-order valence-corrected chi connectivity index (χ0v) is 15.0. The van der Waals surface area contributed by atoms with Crippen LogP contribution in [0.1, 0.15) is 73.1 Å². The fraction of sp³-hybridized carbons (Fsp3) is 0.900. The number of nitrogens with one attached hydrogen (secondary N) is 1. The van der Waals surface area contributed by atoms with E-state index < -0.39 is 0 Å². The number of rotatable bonds is 7. The second-order valence-corrected chi connectivity index (χ2v) is 8.54. The zero-order valence-electron chi connectivity index (χ0n) is 15.0. The molecule has 3 atom stereocenters. The quantitative estimate of drug-likeness (QED) is 0.507. The van der Waals surface area contributed by atoms with Crippen LogP contribution in [0.5, 0.6) is 0 Å². The predicted octanol–water partition coefficient (Wildman–Crippen LogP) is 5.11. The summed E-state index contributed by atoms with van der Waals surface area (Å²) in [6.45, 7) is 14.2. The van der Waals surface area contributed by atoms with E-state index in [4.69, 9.17) is 6.42 Å². The molecule has 0 bridgehead atoms. The SMILES string of the molecule is C#CCCCC1CC(C(C)(C)C)CCC1CNCC(C)C. The van der Waals surface area contributed by atoms with Gasteiger partial charge in [0.05, 0.1) is 0 Å². The molecule has 0 aromatic rings. The van der Waals surface area contributed by atoms with Gasteiger partial charge in [0.15, 0.2) is 0 Å². The van der Waals surface area contributed by atoms with Crippen molar-refractivity contribution in [2.24, 2.45) is 29.1 Å². The van der Waals surface area contributed by atoms with Crippen LogP contribution in [-0.2, 0) is 0 Å². The molecule has 1 nitrogen and oxygen atoms in total. The van der Waals surface area contributed by atoms with Gasteiger partial charge >= 0.3 is 0 Å². The largest absolute Gasteiger partial charge is 0.316 e. The standard InChI is InChI=1S/C20H37N/c1-7-8-9-10-17-13-19(20(4,5)6)12-11-18(17)15-21-14-16(2)3/h1,16-19,21H,8-15H2,2-6H3. The molecule has 0 aromatic carbocycles. The zero-order chi connectivity index (χ0) is 15.9. The Balaban J connectivity index is 2.53. The molecule has 1 saturated carbocycles. The highest BCUT2D eigenvalue weighted by Gasteiger charge is 2.35. The highest BCUT2D eigenvalue weighted by molar-refractivity contribution is 4.88. The Morgan fingerprint density at radius 2 is 1.90 bits per heavy atom. The van der Waals surface area contributed by atoms with Crippen LogP contribution in [0, 0.1) is 41.4 Å². The molecule has 21 heavy (non-hydrogen) atoms. The van der Waals surface area contributed by atoms with E-state index in [0.29, 0.717) is 5.41 Å². The van der Waals surface area contributed by atoms with Gasteiger partial charge in [-0.15, -0.1) is 12.3 Å². The average molecular weight is 292 g/mol. The predicted molar refractivity (Wildman–Crippen MR) is 94.2 cm³/mol. The lowest BCUT2D eigenvalue weighted by molar-refractivity contribution is 0.0913. The third kappa shape index (κ3) is 6.88. The van der Waals surface area contributed by atoms with Gasteiger partial charge in [-0.2, -0.15) is 0 Å². The van der Waals surface area contributed by atoms with E-state index in [-0.39, 0.29) is 0 Å². The van der Waals surface area contributed by atoms with E-state index in [9.17, 15) is 0 Å². The number of hydrogen-bond donors (Lipinski definition) is 1. The summed E-state index contributed by atoms with van der Waals surface area (Å²) in [7, 11) is 0. The van der Waals surface area contributed by atoms with Crippen LogP contribution < -0.4 is 5.32 Å². The van der Waals surface area contributed by atoms with Gasteiger partial charge in [-0.1, -0.05) is 34.6 Å². The maximum atomic E-state index is 5.43. The fourth-order valence-corrected chi connectivity index (χ4v) is 3.76. The smallest absolute Gasteiger partial charge is 0.00861 e. The van der Waals surface area contributed by atoms with Gasteiger partial charge in [0.2, 0.25) is 0 Å². The molecule has 1 aliphatic carbocycles. The third-order valence-electron chi connectivity index (χ3n) is 5.22. The van der Waals surface area contributed by atoms with Gasteiger partial charge < -0.3 is 5.32 Å². The van der Waals surface area contributed by atoms with Crippen molar-refractivity contribution in [1.29, 1.82) is 0 Å². The Bertz CT molecular complexity index is 318. The van der Waals surface area contributed by atoms with Gasteiger partial charge in [0.25, 0.3) is 0 Å². The van der Waals surface area contributed by atoms with Crippen LogP contribution >= 0.6 is 0 Å². The van der Waals surface area contributed by atoms with Crippen molar-refractivity contribution in [2.75, 3.05) is 13.1 Å². The highest BCUT2D eigenvalue weighted by Crippen LogP contribution is 2.44. The molecule has 0 amide bonds. The molecule has 1 N–H and O–H groups in total. The van der Waals surface area contributed by atoms with Crippen molar-refractivity contribution >= 4 is 0 Å². The lowest BCUT2D eigenvalue weighted by Crippen LogP contribution is -2.37. The lowest BCUT2D eigenvalue weighted by Gasteiger charge is -2.42. The first-order valence-electron chi connectivity index (χ1n) is 8.98. The molecule has 3 unspecified atom stereocenters. The first kappa shape index (κ1) is 18.6. The number of unbranched alkanes of at least 4 members (excludes halogenated alkanes) is 1. The average Bonchev–Trinajstić information content (AvgIpc) is 2.38. The highest BCUT2D eigenvalue weighted by atomic mass is 14.9. The Labute approximate surface area is 133 Å². The van der Waals surface area contributed by atoms with Gasteiger partial charge in [-0.3, -0.25) is 0 Å². The summed E-state index contributed by atoms with van der Waals surface area (Å²) in [4.78, 5) is 0. The molecule has 0 heterocycles. The molecule has 0 aliphatic heterocycles. The molecule has 0 radical (unpaired) electrons. The minimum atomic E-state index is 0.459. The Kier molecular flexibility index (Phi) is 7.82. The molecule has 1 heteroatoms. The first-order valence-corrected chi connectivity index (χ1v) is 8.98. The van der Waals surface area contributed by atoms with Crippen LogP contribution in [-0.4, -0.2) is 13.1 Å². The second kappa shape index (κ2) is 8.84. The van der Waals surface area contributed by atoms with Gasteiger partial charge in [-0.05, 0) is 74.3 Å². The molecule has 0 saturated heterocycles. The molecule has 0 aromatic heterocycles. The van der Waals surface area contributed by atoms with E-state index in [1.807, 2.05) is 0 Å². The molecule has 0 spiro atoms. The molecule has 1 fully saturated rings. The summed E-state index contributed by atoms with van der Waals surface area (Å²) in [5, 5.41) is 3.69. The van der Waals surface area contributed by atoms with E-state index in [1.54, 1.807) is 0 Å². The van der Waals surface area contributed by atoms with Crippen LogP contribution in [0.25, 0.3) is 0 Å². The first-order chi connectivity index (χ1) is 9.84. The maximum Gasteiger partial charge on any atom is 0.00861 e. The van der Waals surface area contributed by atoms with Gasteiger partial charge in [-0.25, -0.2) is 0 Å². The van der Waals surface area contributed by atoms with Crippen molar-refractivity contribution in [2.45, 2.75) is 73.1 Å². The Morgan fingerprint density at radius 1 is 1.19 bits per heavy atom. The molecule has 1 rings (SSSR count). The summed E-state index contributed by atoms with van der Waals surface area (Å²) in [6.07, 6.45) is 13.1. The summed E-state index contributed by atoms with van der Waals surface area (Å²) in [6, 6.07) is 0. The minimum absolute atomic E-state index is 0.459. The van der Waals surface area contributed by atoms with Crippen molar-refractivity contribution < 1.29 is 0 Å². The molecule has 122 valence electrons. The Morgan fingerprint density at radius 3 is 2.48 bits per heavy atom. The molecular weight excluding hydrogens is 254 g/mol. The maximum absolute atomic E-state index is 5.43. The summed E-state index contributed by atoms with van der Waals surface area (Å²) in [5.41, 5.74) is 0.459. The van der Waals surface area contributed by atoms with E-state index in [2.05, 4.69) is 45.9 Å². The third-order valence-corrected chi connectivity index (χ3v) is 5.22. The lowest BCUT2D eigenvalue weighted by atomic mass is 9.64. The van der Waals surface area contributed by atoms with Crippen molar-refractivity contribution in [3.05, 3.63) is 0 Å². The molecular formula is C20H37N. The fourth-order valence-electron chi connectivity index (χ4n) is 3.76. The number of terminal acetylenes is 1. The van der Waals surface area contributed by atoms with E-state index >= 15 is 0 Å². The Hall–Kier alpha value is -0.480. The van der Waals surface area contributed by atoms with Crippen molar-refractivity contribution in [1.82, 2.24) is 5.32 Å². The molecule has 1 aliphatic rings. The van der Waals surface area contributed by atoms with Crippen LogP contribution in [0.2, 0.25) is 0 Å². The summed E-state index contributed by atoms with van der Waals surface area (Å²) >= 11 is 0. The van der Waals surface area contributed by atoms with Crippen LogP contribution in [0.4, 0.5) is 0 Å². The monoisotopic (exact) mass is 291 g/mol. The van der Waals surface area contributed by atoms with Crippen molar-refractivity contribution in [3.63, 3.8) is 0 Å². The van der Waals surface area contributed by atoms with E-state index in [0.717, 1.165) is 36.6 Å². The summed E-state index contributed by atoms with van der Waals surface area (Å²) < 4.78 is 0. The van der Waals surface area contributed by atoms with Crippen LogP contribution in [0.3, 0.4) is 0 Å².